The van der Waals surface area contributed by atoms with Gasteiger partial charge in [-0.1, -0.05) is 6.07 Å². The van der Waals surface area contributed by atoms with E-state index in [9.17, 15) is 4.79 Å². The van der Waals surface area contributed by atoms with Crippen molar-refractivity contribution in [2.45, 2.75) is 26.2 Å². The Balaban J connectivity index is 1.57. The van der Waals surface area contributed by atoms with Crippen molar-refractivity contribution in [2.75, 3.05) is 25.5 Å². The minimum Gasteiger partial charge on any atom is -0.372 e. The molecule has 0 saturated heterocycles. The summed E-state index contributed by atoms with van der Waals surface area (Å²) < 4.78 is 5.43. The van der Waals surface area contributed by atoms with Crippen LogP contribution >= 0.6 is 0 Å². The van der Waals surface area contributed by atoms with Crippen molar-refractivity contribution in [2.24, 2.45) is 0 Å². The molecule has 0 aliphatic carbocycles. The lowest BCUT2D eigenvalue weighted by Crippen LogP contribution is -2.36. The van der Waals surface area contributed by atoms with Crippen LogP contribution in [0.1, 0.15) is 32.7 Å². The number of aromatic nitrogens is 2. The number of hydrogen-bond acceptors (Lipinski definition) is 5. The van der Waals surface area contributed by atoms with E-state index in [0.29, 0.717) is 26.3 Å². The monoisotopic (exact) mass is 324 g/mol. The molecular formula is C18H20N4O2. The number of hydrogen-bond donors (Lipinski definition) is 0. The third-order valence-corrected chi connectivity index (χ3v) is 4.64. The second-order valence-corrected chi connectivity index (χ2v) is 6.52. The average Bonchev–Trinajstić information content (AvgIpc) is 3.07. The van der Waals surface area contributed by atoms with Gasteiger partial charge in [0.05, 0.1) is 18.9 Å². The summed E-state index contributed by atoms with van der Waals surface area (Å²) in [5, 5.41) is 8.53. The van der Waals surface area contributed by atoms with Gasteiger partial charge in [0.25, 0.3) is 5.91 Å². The molecule has 2 aliphatic heterocycles. The Bertz CT molecular complexity index is 804. The van der Waals surface area contributed by atoms with Crippen molar-refractivity contribution in [1.29, 1.82) is 0 Å². The predicted molar refractivity (Wildman–Crippen MR) is 89.7 cm³/mol. The highest BCUT2D eigenvalue weighted by atomic mass is 16.5. The van der Waals surface area contributed by atoms with E-state index in [1.807, 2.05) is 48.2 Å². The van der Waals surface area contributed by atoms with Crippen LogP contribution in [0.5, 0.6) is 0 Å². The Morgan fingerprint density at radius 1 is 1.12 bits per heavy atom. The summed E-state index contributed by atoms with van der Waals surface area (Å²) in [6, 6.07) is 7.90. The lowest BCUT2D eigenvalue weighted by atomic mass is 10.0. The first kappa shape index (κ1) is 15.1. The van der Waals surface area contributed by atoms with Crippen LogP contribution < -0.4 is 4.90 Å². The van der Waals surface area contributed by atoms with E-state index >= 15 is 0 Å². The van der Waals surface area contributed by atoms with Gasteiger partial charge in [0, 0.05) is 39.2 Å². The second-order valence-electron chi connectivity index (χ2n) is 6.52. The molecule has 2 aliphatic rings. The highest BCUT2D eigenvalue weighted by molar-refractivity contribution is 5.94. The first-order chi connectivity index (χ1) is 11.6. The van der Waals surface area contributed by atoms with E-state index < -0.39 is 0 Å². The number of carbonyl (C=O) groups is 1. The summed E-state index contributed by atoms with van der Waals surface area (Å²) in [5.41, 5.74) is 5.11. The number of ether oxygens (including phenoxy) is 1. The zero-order chi connectivity index (χ0) is 16.7. The first-order valence-electron chi connectivity index (χ1n) is 8.13. The lowest BCUT2D eigenvalue weighted by molar-refractivity contribution is 0.0733. The molecule has 0 saturated carbocycles. The van der Waals surface area contributed by atoms with E-state index in [-0.39, 0.29) is 5.91 Å². The zero-order valence-corrected chi connectivity index (χ0v) is 14.0. The van der Waals surface area contributed by atoms with Gasteiger partial charge in [0.1, 0.15) is 0 Å². The molecule has 4 rings (SSSR count). The fraction of sp³-hybridized carbons (Fsp3) is 0.389. The highest BCUT2D eigenvalue weighted by Gasteiger charge is 2.24. The van der Waals surface area contributed by atoms with Crippen molar-refractivity contribution in [3.05, 3.63) is 52.2 Å². The number of benzene rings is 1. The third-order valence-electron chi connectivity index (χ3n) is 4.64. The molecule has 3 heterocycles. The topological polar surface area (TPSA) is 58.6 Å². The fourth-order valence-corrected chi connectivity index (χ4v) is 3.20. The highest BCUT2D eigenvalue weighted by Crippen LogP contribution is 2.24. The van der Waals surface area contributed by atoms with Crippen molar-refractivity contribution in [3.8, 4) is 0 Å². The van der Waals surface area contributed by atoms with Crippen LogP contribution in [-0.4, -0.2) is 41.6 Å². The molecule has 6 heteroatoms. The molecule has 24 heavy (non-hydrogen) atoms. The van der Waals surface area contributed by atoms with Gasteiger partial charge in [-0.25, -0.2) is 0 Å². The summed E-state index contributed by atoms with van der Waals surface area (Å²) in [6.45, 7) is 2.50. The smallest absolute Gasteiger partial charge is 0.254 e. The Kier molecular flexibility index (Phi) is 3.69. The Morgan fingerprint density at radius 3 is 2.79 bits per heavy atom. The van der Waals surface area contributed by atoms with Crippen molar-refractivity contribution >= 4 is 11.7 Å². The average molecular weight is 324 g/mol. The van der Waals surface area contributed by atoms with Crippen LogP contribution in [0.25, 0.3) is 0 Å². The Labute approximate surface area is 141 Å². The number of fused-ring (bicyclic) bond motifs is 2. The van der Waals surface area contributed by atoms with Gasteiger partial charge in [-0.2, -0.15) is 5.10 Å². The van der Waals surface area contributed by atoms with Crippen LogP contribution in [0.15, 0.2) is 24.3 Å². The maximum absolute atomic E-state index is 12.9. The third kappa shape index (κ3) is 2.63. The first-order valence-corrected chi connectivity index (χ1v) is 8.13. The predicted octanol–water partition coefficient (Wildman–Crippen LogP) is 1.77. The standard InChI is InChI=1S/C18H20N4O2/c1-21(2)17-8-14-9-22(6-5-16(14)19-20-17)18(23)12-3-4-13-10-24-11-15(13)7-12/h3-4,7-8H,5-6,9-11H2,1-2H3. The second kappa shape index (κ2) is 5.87. The number of carbonyl (C=O) groups excluding carboxylic acids is 1. The van der Waals surface area contributed by atoms with Crippen LogP contribution in [0, 0.1) is 0 Å². The van der Waals surface area contributed by atoms with Gasteiger partial charge in [-0.15, -0.1) is 5.10 Å². The summed E-state index contributed by atoms with van der Waals surface area (Å²) in [5.74, 6) is 0.885. The molecule has 6 nitrogen and oxygen atoms in total. The maximum Gasteiger partial charge on any atom is 0.254 e. The fourth-order valence-electron chi connectivity index (χ4n) is 3.20. The molecular weight excluding hydrogens is 304 g/mol. The molecule has 2 aromatic rings. The molecule has 1 aromatic carbocycles. The van der Waals surface area contributed by atoms with E-state index in [2.05, 4.69) is 10.2 Å². The minimum atomic E-state index is 0.0681. The van der Waals surface area contributed by atoms with Crippen LogP contribution in [-0.2, 0) is 30.9 Å². The summed E-state index contributed by atoms with van der Waals surface area (Å²) in [7, 11) is 3.88. The van der Waals surface area contributed by atoms with E-state index in [1.54, 1.807) is 0 Å². The molecule has 0 radical (unpaired) electrons. The molecule has 0 fully saturated rings. The van der Waals surface area contributed by atoms with Gasteiger partial charge in [-0.3, -0.25) is 4.79 Å². The summed E-state index contributed by atoms with van der Waals surface area (Å²) >= 11 is 0. The summed E-state index contributed by atoms with van der Waals surface area (Å²) in [6.07, 6.45) is 0.746. The quantitative estimate of drug-likeness (QED) is 0.843. The molecule has 1 aromatic heterocycles. The summed E-state index contributed by atoms with van der Waals surface area (Å²) in [4.78, 5) is 16.7. The molecule has 0 atom stereocenters. The number of anilines is 1. The zero-order valence-electron chi connectivity index (χ0n) is 14.0. The largest absolute Gasteiger partial charge is 0.372 e. The molecule has 0 bridgehead atoms. The number of nitrogens with zero attached hydrogens (tertiary/aromatic N) is 4. The van der Waals surface area contributed by atoms with Gasteiger partial charge in [0.15, 0.2) is 5.82 Å². The van der Waals surface area contributed by atoms with Crippen LogP contribution in [0.3, 0.4) is 0 Å². The van der Waals surface area contributed by atoms with Gasteiger partial charge >= 0.3 is 0 Å². The molecule has 0 unspecified atom stereocenters. The number of amides is 1. The molecule has 0 N–H and O–H groups in total. The molecule has 1 amide bonds. The van der Waals surface area contributed by atoms with Gasteiger partial charge in [0.2, 0.25) is 0 Å². The van der Waals surface area contributed by atoms with Crippen molar-refractivity contribution < 1.29 is 9.53 Å². The van der Waals surface area contributed by atoms with E-state index in [4.69, 9.17) is 4.74 Å². The SMILES string of the molecule is CN(C)c1cc2c(nn1)CCN(C(=O)c1ccc3c(c1)COC3)C2. The van der Waals surface area contributed by atoms with Gasteiger partial charge in [-0.05, 0) is 34.9 Å². The Hall–Kier alpha value is -2.47. The number of rotatable bonds is 2. The van der Waals surface area contributed by atoms with E-state index in [1.165, 1.54) is 5.56 Å². The minimum absolute atomic E-state index is 0.0681. The van der Waals surface area contributed by atoms with Crippen molar-refractivity contribution in [3.63, 3.8) is 0 Å². The lowest BCUT2D eigenvalue weighted by Gasteiger charge is -2.28. The maximum atomic E-state index is 12.9. The normalized spacial score (nSPS) is 15.8. The molecule has 0 spiro atoms. The molecule has 124 valence electrons. The van der Waals surface area contributed by atoms with E-state index in [0.717, 1.165) is 34.6 Å². The Morgan fingerprint density at radius 2 is 1.96 bits per heavy atom. The van der Waals surface area contributed by atoms with Crippen molar-refractivity contribution in [1.82, 2.24) is 15.1 Å². The van der Waals surface area contributed by atoms with Gasteiger partial charge < -0.3 is 14.5 Å². The van der Waals surface area contributed by atoms with Crippen LogP contribution in [0.2, 0.25) is 0 Å². The van der Waals surface area contributed by atoms with Crippen LogP contribution in [0.4, 0.5) is 5.82 Å².